The molecule has 0 heterocycles. The normalized spacial score (nSPS) is 17.0. The Bertz CT molecular complexity index is 568. The first-order valence-corrected chi connectivity index (χ1v) is 7.72. The number of hydrogen-bond acceptors (Lipinski definition) is 4. The van der Waals surface area contributed by atoms with Crippen molar-refractivity contribution >= 4 is 33.5 Å². The van der Waals surface area contributed by atoms with Crippen molar-refractivity contribution in [1.29, 1.82) is 0 Å². The summed E-state index contributed by atoms with van der Waals surface area (Å²) in [4.78, 5) is 23.9. The second kappa shape index (κ2) is 6.15. The molecule has 21 heavy (non-hydrogen) atoms. The summed E-state index contributed by atoms with van der Waals surface area (Å²) in [7, 11) is 0. The summed E-state index contributed by atoms with van der Waals surface area (Å²) in [5.41, 5.74) is 6.24. The monoisotopic (exact) mass is 354 g/mol. The molecule has 0 saturated heterocycles. The smallest absolute Gasteiger partial charge is 0.338 e. The molecule has 2 rings (SSSR count). The maximum Gasteiger partial charge on any atom is 0.338 e. The third-order valence-corrected chi connectivity index (χ3v) is 4.30. The van der Waals surface area contributed by atoms with Crippen LogP contribution in [0.3, 0.4) is 0 Å². The van der Waals surface area contributed by atoms with Crippen LogP contribution in [0.25, 0.3) is 0 Å². The molecule has 1 unspecified atom stereocenters. The van der Waals surface area contributed by atoms with Gasteiger partial charge >= 0.3 is 5.97 Å². The quantitative estimate of drug-likeness (QED) is 0.796. The molecule has 0 aromatic heterocycles. The van der Waals surface area contributed by atoms with Gasteiger partial charge in [0.15, 0.2) is 0 Å². The number of nitrogens with one attached hydrogen (secondary N) is 1. The number of nitrogens with two attached hydrogens (primary N) is 1. The molecule has 6 heteroatoms. The molecule has 114 valence electrons. The number of halogens is 1. The third kappa shape index (κ3) is 3.63. The fourth-order valence-electron chi connectivity index (χ4n) is 2.08. The van der Waals surface area contributed by atoms with Crippen LogP contribution in [0, 0.1) is 5.92 Å². The van der Waals surface area contributed by atoms with E-state index in [1.54, 1.807) is 32.0 Å². The van der Waals surface area contributed by atoms with E-state index in [0.29, 0.717) is 22.3 Å². The topological polar surface area (TPSA) is 81.4 Å². The summed E-state index contributed by atoms with van der Waals surface area (Å²) < 4.78 is 5.55. The molecule has 5 nitrogen and oxygen atoms in total. The average molecular weight is 355 g/mol. The average Bonchev–Trinajstić information content (AvgIpc) is 3.25. The van der Waals surface area contributed by atoms with E-state index >= 15 is 0 Å². The molecule has 1 saturated carbocycles. The third-order valence-electron chi connectivity index (χ3n) is 3.64. The fourth-order valence-corrected chi connectivity index (χ4v) is 2.56. The number of amides is 1. The molecule has 1 aliphatic rings. The van der Waals surface area contributed by atoms with Crippen molar-refractivity contribution in [3.63, 3.8) is 0 Å². The van der Waals surface area contributed by atoms with Gasteiger partial charge in [-0.15, -0.1) is 0 Å². The van der Waals surface area contributed by atoms with Gasteiger partial charge in [-0.25, -0.2) is 4.79 Å². The molecule has 1 aromatic rings. The van der Waals surface area contributed by atoms with Crippen molar-refractivity contribution < 1.29 is 14.3 Å². The summed E-state index contributed by atoms with van der Waals surface area (Å²) in [5, 5.41) is 2.81. The molecule has 1 fully saturated rings. The first kappa shape index (κ1) is 16.0. The lowest BCUT2D eigenvalue weighted by molar-refractivity contribution is -0.121. The Morgan fingerprint density at radius 1 is 1.48 bits per heavy atom. The Hall–Kier alpha value is -1.40. The molecule has 1 amide bonds. The van der Waals surface area contributed by atoms with E-state index in [0.717, 1.165) is 12.8 Å². The predicted octanol–water partition coefficient (Wildman–Crippen LogP) is 2.69. The van der Waals surface area contributed by atoms with E-state index in [-0.39, 0.29) is 11.8 Å². The summed E-state index contributed by atoms with van der Waals surface area (Å²) in [6.07, 6.45) is 1.98. The van der Waals surface area contributed by atoms with Crippen LogP contribution in [0.15, 0.2) is 22.7 Å². The number of carbonyl (C=O) groups excluding carboxylic acids is 2. The van der Waals surface area contributed by atoms with Gasteiger partial charge in [-0.3, -0.25) is 4.79 Å². The van der Waals surface area contributed by atoms with Crippen molar-refractivity contribution in [1.82, 2.24) is 0 Å². The van der Waals surface area contributed by atoms with Gasteiger partial charge in [0, 0.05) is 4.47 Å². The highest BCUT2D eigenvalue weighted by atomic mass is 79.9. The van der Waals surface area contributed by atoms with Crippen LogP contribution in [-0.2, 0) is 9.53 Å². The van der Waals surface area contributed by atoms with Crippen LogP contribution in [0.5, 0.6) is 0 Å². The minimum absolute atomic E-state index is 0.213. The number of rotatable bonds is 5. The Labute approximate surface area is 132 Å². The van der Waals surface area contributed by atoms with E-state index in [1.165, 1.54) is 0 Å². The second-order valence-corrected chi connectivity index (χ2v) is 6.28. The van der Waals surface area contributed by atoms with Crippen LogP contribution in [0.1, 0.15) is 37.0 Å². The molecular formula is C15H19BrN2O3. The number of anilines is 1. The molecule has 0 radical (unpaired) electrons. The molecular weight excluding hydrogens is 336 g/mol. The van der Waals surface area contributed by atoms with Gasteiger partial charge in [-0.05, 0) is 66.7 Å². The van der Waals surface area contributed by atoms with Crippen LogP contribution in [-0.4, -0.2) is 24.0 Å². The molecule has 0 aliphatic heterocycles. The zero-order chi connectivity index (χ0) is 15.6. The second-order valence-electron chi connectivity index (χ2n) is 5.43. The molecule has 1 aliphatic carbocycles. The zero-order valence-corrected chi connectivity index (χ0v) is 13.7. The van der Waals surface area contributed by atoms with E-state index in [1.807, 2.05) is 0 Å². The Kier molecular flexibility index (Phi) is 4.68. The standard InChI is InChI=1S/C15H19BrN2O3/c1-3-21-13(19)9-4-7-12(11(16)8-9)18-14(20)15(2,17)10-5-6-10/h4,7-8,10H,3,5-6,17H2,1-2H3,(H,18,20). The number of esters is 1. The van der Waals surface area contributed by atoms with Gasteiger partial charge in [0.05, 0.1) is 23.4 Å². The Balaban J connectivity index is 2.10. The van der Waals surface area contributed by atoms with Crippen molar-refractivity contribution in [2.45, 2.75) is 32.2 Å². The maximum absolute atomic E-state index is 12.2. The van der Waals surface area contributed by atoms with Gasteiger partial charge in [0.2, 0.25) is 5.91 Å². The van der Waals surface area contributed by atoms with Crippen LogP contribution in [0.2, 0.25) is 0 Å². The highest BCUT2D eigenvalue weighted by Gasteiger charge is 2.44. The highest BCUT2D eigenvalue weighted by molar-refractivity contribution is 9.10. The van der Waals surface area contributed by atoms with Gasteiger partial charge in [-0.1, -0.05) is 0 Å². The van der Waals surface area contributed by atoms with E-state index < -0.39 is 11.5 Å². The zero-order valence-electron chi connectivity index (χ0n) is 12.1. The SMILES string of the molecule is CCOC(=O)c1ccc(NC(=O)C(C)(N)C2CC2)c(Br)c1. The number of benzene rings is 1. The molecule has 1 aromatic carbocycles. The van der Waals surface area contributed by atoms with E-state index in [4.69, 9.17) is 10.5 Å². The fraction of sp³-hybridized carbons (Fsp3) is 0.467. The Morgan fingerprint density at radius 2 is 2.14 bits per heavy atom. The summed E-state index contributed by atoms with van der Waals surface area (Å²) in [6.45, 7) is 3.82. The number of ether oxygens (including phenoxy) is 1. The molecule has 3 N–H and O–H groups in total. The molecule has 0 spiro atoms. The van der Waals surface area contributed by atoms with Crippen molar-refractivity contribution in [3.8, 4) is 0 Å². The summed E-state index contributed by atoms with van der Waals surface area (Å²) in [5.74, 6) is -0.359. The van der Waals surface area contributed by atoms with Crippen LogP contribution < -0.4 is 11.1 Å². The predicted molar refractivity (Wildman–Crippen MR) is 84.0 cm³/mol. The lowest BCUT2D eigenvalue weighted by Crippen LogP contribution is -2.50. The van der Waals surface area contributed by atoms with Gasteiger partial charge in [0.25, 0.3) is 0 Å². The lowest BCUT2D eigenvalue weighted by Gasteiger charge is -2.23. The minimum Gasteiger partial charge on any atom is -0.462 e. The van der Waals surface area contributed by atoms with Gasteiger partial charge < -0.3 is 15.8 Å². The van der Waals surface area contributed by atoms with Crippen LogP contribution >= 0.6 is 15.9 Å². The van der Waals surface area contributed by atoms with Crippen LogP contribution in [0.4, 0.5) is 5.69 Å². The van der Waals surface area contributed by atoms with E-state index in [9.17, 15) is 9.59 Å². The lowest BCUT2D eigenvalue weighted by atomic mass is 9.96. The molecule has 1 atom stereocenters. The molecule has 0 bridgehead atoms. The summed E-state index contributed by atoms with van der Waals surface area (Å²) in [6, 6.07) is 4.90. The van der Waals surface area contributed by atoms with Crippen molar-refractivity contribution in [3.05, 3.63) is 28.2 Å². The van der Waals surface area contributed by atoms with Gasteiger partial charge in [0.1, 0.15) is 0 Å². The minimum atomic E-state index is -0.862. The number of hydrogen-bond donors (Lipinski definition) is 2. The van der Waals surface area contributed by atoms with E-state index in [2.05, 4.69) is 21.2 Å². The first-order valence-electron chi connectivity index (χ1n) is 6.93. The highest BCUT2D eigenvalue weighted by Crippen LogP contribution is 2.39. The Morgan fingerprint density at radius 3 is 2.67 bits per heavy atom. The maximum atomic E-state index is 12.2. The van der Waals surface area contributed by atoms with Crippen molar-refractivity contribution in [2.24, 2.45) is 11.7 Å². The van der Waals surface area contributed by atoms with Crippen molar-refractivity contribution in [2.75, 3.05) is 11.9 Å². The first-order chi connectivity index (χ1) is 9.86. The largest absolute Gasteiger partial charge is 0.462 e. The summed E-state index contributed by atoms with van der Waals surface area (Å²) >= 11 is 3.35. The van der Waals surface area contributed by atoms with Gasteiger partial charge in [-0.2, -0.15) is 0 Å². The number of carbonyl (C=O) groups is 2.